The van der Waals surface area contributed by atoms with Gasteiger partial charge in [0.25, 0.3) is 5.69 Å². The minimum Gasteiger partial charge on any atom is -0.443 e. The predicted octanol–water partition coefficient (Wildman–Crippen LogP) is 7.03. The molecule has 3 rings (SSSR count). The van der Waals surface area contributed by atoms with Gasteiger partial charge < -0.3 is 9.47 Å². The summed E-state index contributed by atoms with van der Waals surface area (Å²) in [4.78, 5) is 42.3. The molecular formula is C25H32F3N3O6S. The molecule has 210 valence electrons. The van der Waals surface area contributed by atoms with Gasteiger partial charge in [-0.3, -0.25) is 10.1 Å². The average molecular weight is 560 g/mol. The number of hydrogen-bond donors (Lipinski definition) is 0. The molecule has 0 saturated heterocycles. The van der Waals surface area contributed by atoms with Crippen LogP contribution in [-0.2, 0) is 15.0 Å². The number of amidine groups is 1. The van der Waals surface area contributed by atoms with Gasteiger partial charge in [0.2, 0.25) is 5.92 Å². The minimum absolute atomic E-state index is 0.254. The molecule has 0 unspecified atom stereocenters. The third-order valence-corrected chi connectivity index (χ3v) is 7.82. The molecule has 1 aromatic rings. The second-order valence-electron chi connectivity index (χ2n) is 11.8. The molecule has 38 heavy (non-hydrogen) atoms. The smallest absolute Gasteiger partial charge is 0.426 e. The number of benzene rings is 1. The number of hydrogen-bond acceptors (Lipinski definition) is 8. The quantitative estimate of drug-likeness (QED) is 0.282. The summed E-state index contributed by atoms with van der Waals surface area (Å²) in [5.41, 5.74) is -5.94. The van der Waals surface area contributed by atoms with Crippen molar-refractivity contribution in [2.75, 3.05) is 0 Å². The summed E-state index contributed by atoms with van der Waals surface area (Å²) in [5, 5.41) is 10.5. The Bertz CT molecular complexity index is 1160. The number of ether oxygens (including phenoxy) is 2. The molecule has 0 N–H and O–H groups in total. The summed E-state index contributed by atoms with van der Waals surface area (Å²) in [6.45, 7) is 12.5. The molecule has 2 aliphatic rings. The lowest BCUT2D eigenvalue weighted by Crippen LogP contribution is -2.64. The monoisotopic (exact) mass is 559 g/mol. The lowest BCUT2D eigenvalue weighted by molar-refractivity contribution is -0.385. The number of carbonyl (C=O) groups excluding carboxylic acids is 2. The number of imide groups is 1. The first-order chi connectivity index (χ1) is 17.1. The molecule has 1 aliphatic carbocycles. The Kier molecular flexibility index (Phi) is 7.37. The number of rotatable bonds is 2. The number of carbonyl (C=O) groups is 2. The fourth-order valence-corrected chi connectivity index (χ4v) is 6.20. The molecule has 0 radical (unpaired) electrons. The maximum atomic E-state index is 15.3. The van der Waals surface area contributed by atoms with E-state index in [9.17, 15) is 28.5 Å². The van der Waals surface area contributed by atoms with Crippen LogP contribution in [0.4, 0.5) is 28.4 Å². The maximum Gasteiger partial charge on any atom is 0.426 e. The number of amides is 2. The standard InChI is InChI=1S/C25H32F3N3O6S/c1-14-24(12-25(27,28)13-24)23(8,16-11-15(31(34)35)9-10-17(16)26)29-18(38-14)30(19(32)36-21(2,3)4)20(33)37-22(5,6)7/h9-11,14H,12-13H2,1-8H3/t14-,23-/m1/s1. The molecule has 2 atom stereocenters. The summed E-state index contributed by atoms with van der Waals surface area (Å²) in [6, 6.07) is 2.80. The fourth-order valence-electron chi connectivity index (χ4n) is 4.78. The number of nitrogens with zero attached hydrogens (tertiary/aromatic N) is 3. The van der Waals surface area contributed by atoms with E-state index in [1.54, 1.807) is 48.5 Å². The third kappa shape index (κ3) is 5.62. The SMILES string of the molecule is C[C@H]1SC(N(C(=O)OC(C)(C)C)C(=O)OC(C)(C)C)=N[C@](C)(c2cc([N+](=O)[O-])ccc2F)C12CC(F)(F)C2. The van der Waals surface area contributed by atoms with Crippen molar-refractivity contribution >= 4 is 34.8 Å². The largest absolute Gasteiger partial charge is 0.443 e. The molecule has 1 spiro atoms. The highest BCUT2D eigenvalue weighted by Gasteiger charge is 2.70. The van der Waals surface area contributed by atoms with Gasteiger partial charge in [0.1, 0.15) is 17.0 Å². The Labute approximate surface area is 223 Å². The van der Waals surface area contributed by atoms with Gasteiger partial charge in [-0.15, -0.1) is 0 Å². The van der Waals surface area contributed by atoms with Crippen LogP contribution in [0.5, 0.6) is 0 Å². The molecule has 1 aliphatic heterocycles. The van der Waals surface area contributed by atoms with E-state index in [-0.39, 0.29) is 10.7 Å². The Hall–Kier alpha value is -2.83. The number of aliphatic imine (C=N–C) groups is 1. The molecule has 0 bridgehead atoms. The van der Waals surface area contributed by atoms with Gasteiger partial charge in [-0.1, -0.05) is 18.7 Å². The van der Waals surface area contributed by atoms with Gasteiger partial charge in [0, 0.05) is 41.2 Å². The number of halogens is 3. The van der Waals surface area contributed by atoms with Crippen LogP contribution in [-0.4, -0.2) is 49.6 Å². The molecule has 0 aromatic heterocycles. The first-order valence-electron chi connectivity index (χ1n) is 12.0. The predicted molar refractivity (Wildman–Crippen MR) is 136 cm³/mol. The van der Waals surface area contributed by atoms with Crippen molar-refractivity contribution in [3.8, 4) is 0 Å². The molecule has 13 heteroatoms. The summed E-state index contributed by atoms with van der Waals surface area (Å²) in [7, 11) is 0. The molecule has 1 heterocycles. The Morgan fingerprint density at radius 3 is 2.03 bits per heavy atom. The van der Waals surface area contributed by atoms with E-state index in [4.69, 9.17) is 9.47 Å². The highest BCUT2D eigenvalue weighted by atomic mass is 32.2. The number of nitro benzene ring substituents is 1. The number of non-ortho nitro benzene ring substituents is 1. The zero-order valence-electron chi connectivity index (χ0n) is 22.6. The van der Waals surface area contributed by atoms with E-state index in [1.807, 2.05) is 0 Å². The van der Waals surface area contributed by atoms with Gasteiger partial charge >= 0.3 is 12.2 Å². The number of nitro groups is 1. The van der Waals surface area contributed by atoms with Gasteiger partial charge in [-0.05, 0) is 54.5 Å². The average Bonchev–Trinajstić information content (AvgIpc) is 2.67. The fraction of sp³-hybridized carbons (Fsp3) is 0.640. The van der Waals surface area contributed by atoms with E-state index < -0.39 is 74.8 Å². The van der Waals surface area contributed by atoms with Crippen LogP contribution >= 0.6 is 11.8 Å². The van der Waals surface area contributed by atoms with Crippen molar-refractivity contribution in [1.29, 1.82) is 0 Å². The van der Waals surface area contributed by atoms with Gasteiger partial charge in [0.15, 0.2) is 5.17 Å². The van der Waals surface area contributed by atoms with Gasteiger partial charge in [0.05, 0.1) is 10.5 Å². The summed E-state index contributed by atoms with van der Waals surface area (Å²) < 4.78 is 54.9. The summed E-state index contributed by atoms with van der Waals surface area (Å²) in [6.07, 6.45) is -3.57. The Morgan fingerprint density at radius 1 is 1.11 bits per heavy atom. The van der Waals surface area contributed by atoms with Crippen LogP contribution in [0.15, 0.2) is 23.2 Å². The lowest BCUT2D eigenvalue weighted by atomic mass is 9.52. The molecule has 9 nitrogen and oxygen atoms in total. The van der Waals surface area contributed by atoms with Gasteiger partial charge in [-0.2, -0.15) is 4.90 Å². The Balaban J connectivity index is 2.26. The first-order valence-corrected chi connectivity index (χ1v) is 12.8. The topological polar surface area (TPSA) is 111 Å². The van der Waals surface area contributed by atoms with Crippen LogP contribution in [0.1, 0.15) is 73.8 Å². The van der Waals surface area contributed by atoms with E-state index in [2.05, 4.69) is 4.99 Å². The normalized spacial score (nSPS) is 24.2. The second-order valence-corrected chi connectivity index (χ2v) is 13.1. The minimum atomic E-state index is -3.06. The van der Waals surface area contributed by atoms with Crippen LogP contribution < -0.4 is 0 Å². The highest BCUT2D eigenvalue weighted by molar-refractivity contribution is 8.14. The van der Waals surface area contributed by atoms with E-state index in [1.165, 1.54) is 6.92 Å². The number of thioether (sulfide) groups is 1. The van der Waals surface area contributed by atoms with Crippen LogP contribution in [0.2, 0.25) is 0 Å². The van der Waals surface area contributed by atoms with Crippen molar-refractivity contribution < 1.29 is 37.2 Å². The van der Waals surface area contributed by atoms with Crippen molar-refractivity contribution in [2.24, 2.45) is 10.4 Å². The number of alkyl halides is 2. The molecule has 1 fully saturated rings. The van der Waals surface area contributed by atoms with Crippen molar-refractivity contribution in [1.82, 2.24) is 4.90 Å². The highest BCUT2D eigenvalue weighted by Crippen LogP contribution is 2.68. The summed E-state index contributed by atoms with van der Waals surface area (Å²) >= 11 is 0.885. The van der Waals surface area contributed by atoms with Crippen molar-refractivity contribution in [3.63, 3.8) is 0 Å². The van der Waals surface area contributed by atoms with Crippen molar-refractivity contribution in [3.05, 3.63) is 39.7 Å². The molecule has 1 aromatic carbocycles. The first kappa shape index (κ1) is 29.7. The summed E-state index contributed by atoms with van der Waals surface area (Å²) in [5.74, 6) is -3.95. The third-order valence-electron chi connectivity index (χ3n) is 6.53. The van der Waals surface area contributed by atoms with Crippen LogP contribution in [0.3, 0.4) is 0 Å². The van der Waals surface area contributed by atoms with Gasteiger partial charge in [-0.25, -0.2) is 27.8 Å². The zero-order valence-corrected chi connectivity index (χ0v) is 23.4. The van der Waals surface area contributed by atoms with E-state index in [0.717, 1.165) is 30.0 Å². The van der Waals surface area contributed by atoms with Crippen LogP contribution in [0, 0.1) is 21.3 Å². The Morgan fingerprint density at radius 2 is 1.61 bits per heavy atom. The van der Waals surface area contributed by atoms with E-state index in [0.29, 0.717) is 4.90 Å². The molecule has 2 amide bonds. The van der Waals surface area contributed by atoms with Crippen LogP contribution in [0.25, 0.3) is 0 Å². The maximum absolute atomic E-state index is 15.3. The molecular weight excluding hydrogens is 527 g/mol. The second kappa shape index (κ2) is 9.42. The molecule has 1 saturated carbocycles. The van der Waals surface area contributed by atoms with Crippen molar-refractivity contribution in [2.45, 2.75) is 96.1 Å². The van der Waals surface area contributed by atoms with E-state index >= 15 is 4.39 Å². The lowest BCUT2D eigenvalue weighted by Gasteiger charge is -2.60. The zero-order chi connectivity index (χ0) is 29.1.